The van der Waals surface area contributed by atoms with Crippen LogP contribution in [0.2, 0.25) is 0 Å². The fourth-order valence-corrected chi connectivity index (χ4v) is 1.03. The number of hydrogen-bond acceptors (Lipinski definition) is 5. The molecule has 0 saturated carbocycles. The third-order valence-electron chi connectivity index (χ3n) is 1.86. The molecule has 1 rings (SSSR count). The van der Waals surface area contributed by atoms with Crippen LogP contribution in [0.4, 0.5) is 0 Å². The highest BCUT2D eigenvalue weighted by Crippen LogP contribution is 2.20. The Morgan fingerprint density at radius 2 is 2.13 bits per heavy atom. The van der Waals surface area contributed by atoms with Crippen LogP contribution in [0.15, 0.2) is 18.5 Å². The third kappa shape index (κ3) is 2.64. The van der Waals surface area contributed by atoms with Crippen LogP contribution in [0.1, 0.15) is 11.7 Å². The molecular weight excluding hydrogens is 202 g/mol. The van der Waals surface area contributed by atoms with Gasteiger partial charge in [-0.15, -0.1) is 0 Å². The summed E-state index contributed by atoms with van der Waals surface area (Å²) in [6.07, 6.45) is -0.730. The van der Waals surface area contributed by atoms with Crippen molar-refractivity contribution in [2.24, 2.45) is 0 Å². The van der Waals surface area contributed by atoms with Gasteiger partial charge in [-0.1, -0.05) is 0 Å². The van der Waals surface area contributed by atoms with Crippen LogP contribution >= 0.6 is 0 Å². The molecule has 0 radical (unpaired) electrons. The quantitative estimate of drug-likeness (QED) is 0.627. The zero-order valence-electron chi connectivity index (χ0n) is 7.99. The number of aromatic nitrogens is 1. The van der Waals surface area contributed by atoms with Gasteiger partial charge in [0.2, 0.25) is 0 Å². The second-order valence-electron chi connectivity index (χ2n) is 2.89. The Hall–Kier alpha value is -1.66. The maximum Gasteiger partial charge on any atom is 0.335 e. The van der Waals surface area contributed by atoms with Gasteiger partial charge in [0.25, 0.3) is 0 Å². The molecule has 0 aliphatic rings. The van der Waals surface area contributed by atoms with Gasteiger partial charge in [0.15, 0.2) is 6.10 Å². The first-order chi connectivity index (χ1) is 7.06. The Morgan fingerprint density at radius 3 is 2.67 bits per heavy atom. The lowest BCUT2D eigenvalue weighted by Crippen LogP contribution is -2.27. The van der Waals surface area contributed by atoms with Crippen molar-refractivity contribution in [1.29, 1.82) is 0 Å². The number of rotatable bonds is 4. The molecule has 0 fully saturated rings. The summed E-state index contributed by atoms with van der Waals surface area (Å²) in [7, 11) is 1.42. The van der Waals surface area contributed by atoms with E-state index in [0.717, 1.165) is 0 Å². The van der Waals surface area contributed by atoms with Gasteiger partial charge in [-0.25, -0.2) is 4.79 Å². The molecule has 6 heteroatoms. The van der Waals surface area contributed by atoms with Crippen molar-refractivity contribution in [1.82, 2.24) is 4.98 Å². The fraction of sp³-hybridized carbons (Fsp3) is 0.333. The first-order valence-electron chi connectivity index (χ1n) is 4.14. The van der Waals surface area contributed by atoms with Crippen LogP contribution in [0.5, 0.6) is 5.75 Å². The Labute approximate surface area is 85.8 Å². The van der Waals surface area contributed by atoms with Crippen LogP contribution in [0, 0.1) is 0 Å². The Bertz CT molecular complexity index is 354. The van der Waals surface area contributed by atoms with Crippen molar-refractivity contribution in [2.75, 3.05) is 7.11 Å². The van der Waals surface area contributed by atoms with Gasteiger partial charge in [-0.3, -0.25) is 4.98 Å². The van der Waals surface area contributed by atoms with Crippen LogP contribution in [0.25, 0.3) is 0 Å². The van der Waals surface area contributed by atoms with Gasteiger partial charge in [0, 0.05) is 11.8 Å². The van der Waals surface area contributed by atoms with E-state index >= 15 is 0 Å². The number of pyridine rings is 1. The van der Waals surface area contributed by atoms with Gasteiger partial charge >= 0.3 is 5.97 Å². The number of methoxy groups -OCH3 is 1. The molecule has 0 saturated heterocycles. The van der Waals surface area contributed by atoms with Crippen molar-refractivity contribution < 1.29 is 24.9 Å². The lowest BCUT2D eigenvalue weighted by Gasteiger charge is -2.14. The molecule has 0 amide bonds. The number of ether oxygens (including phenoxy) is 1. The Balaban J connectivity index is 2.90. The molecule has 1 aromatic rings. The second-order valence-corrected chi connectivity index (χ2v) is 2.89. The summed E-state index contributed by atoms with van der Waals surface area (Å²) in [5.41, 5.74) is 0.184. The van der Waals surface area contributed by atoms with E-state index in [1.165, 1.54) is 25.6 Å². The minimum Gasteiger partial charge on any atom is -0.495 e. The molecule has 1 aromatic heterocycles. The third-order valence-corrected chi connectivity index (χ3v) is 1.86. The molecule has 0 spiro atoms. The molecule has 0 aliphatic carbocycles. The van der Waals surface area contributed by atoms with Gasteiger partial charge in [0.05, 0.1) is 13.3 Å². The zero-order chi connectivity index (χ0) is 11.4. The molecule has 2 atom stereocenters. The smallest absolute Gasteiger partial charge is 0.335 e. The number of carboxylic acids is 1. The van der Waals surface area contributed by atoms with E-state index < -0.39 is 18.2 Å². The van der Waals surface area contributed by atoms with E-state index in [4.69, 9.17) is 14.9 Å². The Kier molecular flexibility index (Phi) is 3.59. The lowest BCUT2D eigenvalue weighted by atomic mass is 10.1. The van der Waals surface area contributed by atoms with E-state index in [-0.39, 0.29) is 5.56 Å². The van der Waals surface area contributed by atoms with Gasteiger partial charge in [0.1, 0.15) is 11.9 Å². The first kappa shape index (κ1) is 11.4. The summed E-state index contributed by atoms with van der Waals surface area (Å²) < 4.78 is 4.84. The van der Waals surface area contributed by atoms with Crippen molar-refractivity contribution in [3.05, 3.63) is 24.0 Å². The summed E-state index contributed by atoms with van der Waals surface area (Å²) in [5, 5.41) is 27.0. The maximum absolute atomic E-state index is 10.4. The van der Waals surface area contributed by atoms with E-state index in [1.54, 1.807) is 0 Å². The number of aliphatic hydroxyl groups is 2. The van der Waals surface area contributed by atoms with Crippen molar-refractivity contribution in [3.63, 3.8) is 0 Å². The summed E-state index contributed by atoms with van der Waals surface area (Å²) in [4.78, 5) is 14.1. The average Bonchev–Trinajstić information content (AvgIpc) is 2.27. The standard InChI is InChI=1S/C9H11NO5/c1-15-6-2-5(3-10-4-6)7(11)8(12)9(13)14/h2-4,7-8,11-12H,1H3,(H,13,14). The maximum atomic E-state index is 10.4. The summed E-state index contributed by atoms with van der Waals surface area (Å²) in [6, 6.07) is 1.41. The first-order valence-corrected chi connectivity index (χ1v) is 4.14. The van der Waals surface area contributed by atoms with E-state index in [0.29, 0.717) is 5.75 Å². The fourth-order valence-electron chi connectivity index (χ4n) is 1.03. The van der Waals surface area contributed by atoms with E-state index in [9.17, 15) is 9.90 Å². The summed E-state index contributed by atoms with van der Waals surface area (Å²) >= 11 is 0. The zero-order valence-corrected chi connectivity index (χ0v) is 7.99. The number of aliphatic hydroxyl groups excluding tert-OH is 2. The van der Waals surface area contributed by atoms with Gasteiger partial charge in [-0.2, -0.15) is 0 Å². The molecule has 15 heavy (non-hydrogen) atoms. The SMILES string of the molecule is COc1cncc(C(O)C(O)C(=O)O)c1. The predicted octanol–water partition coefficient (Wildman–Crippen LogP) is -0.431. The highest BCUT2D eigenvalue weighted by molar-refractivity contribution is 5.73. The summed E-state index contributed by atoms with van der Waals surface area (Å²) in [5.74, 6) is -1.12. The molecule has 0 bridgehead atoms. The molecular formula is C9H11NO5. The van der Waals surface area contributed by atoms with Crippen LogP contribution in [-0.4, -0.2) is 39.5 Å². The van der Waals surface area contributed by atoms with Crippen LogP contribution in [-0.2, 0) is 4.79 Å². The lowest BCUT2D eigenvalue weighted by molar-refractivity contribution is -0.153. The van der Waals surface area contributed by atoms with Gasteiger partial charge < -0.3 is 20.1 Å². The average molecular weight is 213 g/mol. The monoisotopic (exact) mass is 213 g/mol. The molecule has 0 aromatic carbocycles. The Morgan fingerprint density at radius 1 is 1.47 bits per heavy atom. The van der Waals surface area contributed by atoms with E-state index in [1.807, 2.05) is 0 Å². The van der Waals surface area contributed by atoms with Crippen LogP contribution < -0.4 is 4.74 Å². The molecule has 82 valence electrons. The van der Waals surface area contributed by atoms with Crippen LogP contribution in [0.3, 0.4) is 0 Å². The highest BCUT2D eigenvalue weighted by atomic mass is 16.5. The highest BCUT2D eigenvalue weighted by Gasteiger charge is 2.25. The molecule has 0 aliphatic heterocycles. The van der Waals surface area contributed by atoms with E-state index in [2.05, 4.69) is 4.98 Å². The number of carboxylic acid groups (broad SMARTS) is 1. The topological polar surface area (TPSA) is 99.9 Å². The minimum absolute atomic E-state index is 0.184. The van der Waals surface area contributed by atoms with Crippen molar-refractivity contribution in [2.45, 2.75) is 12.2 Å². The van der Waals surface area contributed by atoms with Gasteiger partial charge in [-0.05, 0) is 6.07 Å². The second kappa shape index (κ2) is 4.72. The molecule has 6 nitrogen and oxygen atoms in total. The number of hydrogen-bond donors (Lipinski definition) is 3. The van der Waals surface area contributed by atoms with Crippen molar-refractivity contribution >= 4 is 5.97 Å². The largest absolute Gasteiger partial charge is 0.495 e. The number of carbonyl (C=O) groups is 1. The number of nitrogens with zero attached hydrogens (tertiary/aromatic N) is 1. The van der Waals surface area contributed by atoms with Crippen molar-refractivity contribution in [3.8, 4) is 5.75 Å². The summed E-state index contributed by atoms with van der Waals surface area (Å²) in [6.45, 7) is 0. The normalized spacial score (nSPS) is 14.3. The predicted molar refractivity (Wildman–Crippen MR) is 49.4 cm³/mol. The molecule has 2 unspecified atom stereocenters. The number of aliphatic carboxylic acids is 1. The molecule has 3 N–H and O–H groups in total. The molecule has 1 heterocycles. The minimum atomic E-state index is -1.88.